The normalized spacial score (nSPS) is 19.0. The zero-order valence-electron chi connectivity index (χ0n) is 30.5. The lowest BCUT2D eigenvalue weighted by atomic mass is 9.79. The third-order valence-electron chi connectivity index (χ3n) is 13.0. The van der Waals surface area contributed by atoms with E-state index in [0.29, 0.717) is 12.1 Å². The van der Waals surface area contributed by atoms with E-state index in [0.717, 1.165) is 0 Å². The number of benzene rings is 5. The zero-order chi connectivity index (χ0) is 34.0. The van der Waals surface area contributed by atoms with E-state index in [4.69, 9.17) is 0 Å². The Kier molecular flexibility index (Phi) is 7.72. The van der Waals surface area contributed by atoms with Crippen LogP contribution in [0.1, 0.15) is 114 Å². The van der Waals surface area contributed by atoms with E-state index in [2.05, 4.69) is 147 Å². The fourth-order valence-corrected chi connectivity index (χ4v) is 10.3. The van der Waals surface area contributed by atoms with Crippen molar-refractivity contribution in [3.8, 4) is 22.3 Å². The summed E-state index contributed by atoms with van der Waals surface area (Å²) in [5.74, 6) is 0. The number of rotatable bonds is 6. The molecule has 4 aliphatic carbocycles. The van der Waals surface area contributed by atoms with Gasteiger partial charge in [-0.15, -0.1) is 0 Å². The number of hydrogen-bond donors (Lipinski definition) is 0. The van der Waals surface area contributed by atoms with Crippen molar-refractivity contribution in [2.45, 2.75) is 115 Å². The molecule has 0 amide bonds. The van der Waals surface area contributed by atoms with Crippen molar-refractivity contribution < 1.29 is 0 Å². The molecule has 2 nitrogen and oxygen atoms in total. The lowest BCUT2D eigenvalue weighted by molar-refractivity contribution is 0.340. The third kappa shape index (κ3) is 5.04. The van der Waals surface area contributed by atoms with E-state index in [9.17, 15) is 0 Å². The van der Waals surface area contributed by atoms with Gasteiger partial charge in [-0.2, -0.15) is 0 Å². The quantitative estimate of drug-likeness (QED) is 0.179. The molecule has 0 aromatic heterocycles. The molecule has 9 rings (SSSR count). The molecule has 254 valence electrons. The highest BCUT2D eigenvalue weighted by Crippen LogP contribution is 2.57. The minimum atomic E-state index is -0.111. The second-order valence-electron chi connectivity index (χ2n) is 16.7. The Balaban J connectivity index is 1.11. The van der Waals surface area contributed by atoms with Crippen molar-refractivity contribution in [2.75, 3.05) is 9.80 Å². The average molecular weight is 657 g/mol. The Morgan fingerprint density at radius 3 is 1.26 bits per heavy atom. The SMILES string of the molecule is CC1(C)c2cc(N(c3ccccc3)c3ccccc3)ccc2-c2cc3c(cc21)-c1ccc(N(C2CCCCC2)C2CCCCC2)cc1C3(C)C. The molecule has 0 radical (unpaired) electrons. The summed E-state index contributed by atoms with van der Waals surface area (Å²) in [6.07, 6.45) is 13.8. The average Bonchev–Trinajstić information content (AvgIpc) is 3.51. The van der Waals surface area contributed by atoms with Crippen LogP contribution < -0.4 is 9.80 Å². The fraction of sp³-hybridized carbons (Fsp3) is 0.375. The van der Waals surface area contributed by atoms with Gasteiger partial charge < -0.3 is 9.80 Å². The highest BCUT2D eigenvalue weighted by Gasteiger charge is 2.42. The van der Waals surface area contributed by atoms with Crippen molar-refractivity contribution in [3.05, 3.63) is 131 Å². The monoisotopic (exact) mass is 656 g/mol. The lowest BCUT2D eigenvalue weighted by Gasteiger charge is -2.44. The van der Waals surface area contributed by atoms with Crippen LogP contribution in [0, 0.1) is 0 Å². The van der Waals surface area contributed by atoms with Crippen LogP contribution in [0.4, 0.5) is 22.7 Å². The van der Waals surface area contributed by atoms with Gasteiger partial charge in [0, 0.05) is 45.7 Å². The molecular weight excluding hydrogens is 605 g/mol. The Morgan fingerprint density at radius 2 is 0.800 bits per heavy atom. The molecule has 0 aliphatic heterocycles. The molecule has 0 N–H and O–H groups in total. The maximum atomic E-state index is 2.92. The van der Waals surface area contributed by atoms with E-state index in [1.807, 2.05) is 0 Å². The number of para-hydroxylation sites is 2. The molecule has 5 aromatic rings. The molecule has 2 saturated carbocycles. The van der Waals surface area contributed by atoms with Gasteiger partial charge in [-0.05, 0) is 131 Å². The highest BCUT2D eigenvalue weighted by atomic mass is 15.2. The molecule has 0 atom stereocenters. The van der Waals surface area contributed by atoms with Gasteiger partial charge in [0.15, 0.2) is 0 Å². The Bertz CT molecular complexity index is 1970. The summed E-state index contributed by atoms with van der Waals surface area (Å²) in [5.41, 5.74) is 16.4. The third-order valence-corrected chi connectivity index (χ3v) is 13.0. The van der Waals surface area contributed by atoms with Gasteiger partial charge in [0.05, 0.1) is 0 Å². The van der Waals surface area contributed by atoms with Gasteiger partial charge in [0.2, 0.25) is 0 Å². The molecule has 2 fully saturated rings. The molecule has 5 aromatic carbocycles. The first kappa shape index (κ1) is 31.7. The first-order valence-corrected chi connectivity index (χ1v) is 19.5. The minimum absolute atomic E-state index is 0.0508. The van der Waals surface area contributed by atoms with Crippen molar-refractivity contribution >= 4 is 22.7 Å². The largest absolute Gasteiger partial charge is 0.366 e. The summed E-state index contributed by atoms with van der Waals surface area (Å²) in [5, 5.41) is 0. The first-order valence-electron chi connectivity index (χ1n) is 19.5. The van der Waals surface area contributed by atoms with Crippen LogP contribution >= 0.6 is 0 Å². The van der Waals surface area contributed by atoms with E-state index in [1.54, 1.807) is 0 Å². The molecule has 0 bridgehead atoms. The predicted molar refractivity (Wildman–Crippen MR) is 212 cm³/mol. The predicted octanol–water partition coefficient (Wildman–Crippen LogP) is 13.2. The van der Waals surface area contributed by atoms with Crippen LogP contribution in [0.5, 0.6) is 0 Å². The number of nitrogens with zero attached hydrogens (tertiary/aromatic N) is 2. The van der Waals surface area contributed by atoms with Crippen LogP contribution in [-0.2, 0) is 10.8 Å². The summed E-state index contributed by atoms with van der Waals surface area (Å²) in [4.78, 5) is 5.31. The van der Waals surface area contributed by atoms with E-state index in [1.165, 1.54) is 131 Å². The van der Waals surface area contributed by atoms with Crippen LogP contribution in [0.15, 0.2) is 109 Å². The summed E-state index contributed by atoms with van der Waals surface area (Å²) in [7, 11) is 0. The Labute approximate surface area is 300 Å². The number of fused-ring (bicyclic) bond motifs is 6. The number of anilines is 4. The van der Waals surface area contributed by atoms with E-state index < -0.39 is 0 Å². The van der Waals surface area contributed by atoms with Gasteiger partial charge in [-0.3, -0.25) is 0 Å². The van der Waals surface area contributed by atoms with Gasteiger partial charge in [-0.1, -0.05) is 115 Å². The minimum Gasteiger partial charge on any atom is -0.366 e. The molecule has 2 heteroatoms. The molecule has 0 saturated heterocycles. The maximum Gasteiger partial charge on any atom is 0.0465 e. The van der Waals surface area contributed by atoms with Crippen molar-refractivity contribution in [1.82, 2.24) is 0 Å². The second kappa shape index (κ2) is 12.2. The molecule has 0 heterocycles. The van der Waals surface area contributed by atoms with Crippen LogP contribution in [0.2, 0.25) is 0 Å². The topological polar surface area (TPSA) is 6.48 Å². The van der Waals surface area contributed by atoms with Crippen LogP contribution in [0.3, 0.4) is 0 Å². The summed E-state index contributed by atoms with van der Waals surface area (Å²) in [6, 6.07) is 42.9. The van der Waals surface area contributed by atoms with Crippen LogP contribution in [-0.4, -0.2) is 12.1 Å². The van der Waals surface area contributed by atoms with Gasteiger partial charge in [0.25, 0.3) is 0 Å². The Morgan fingerprint density at radius 1 is 0.400 bits per heavy atom. The molecule has 0 unspecified atom stereocenters. The standard InChI is InChI=1S/C48H52N2/c1-47(2)43-29-37(49(33-17-9-5-10-18-33)34-19-11-6-12-20-34)25-27-39(43)41-32-46-42(31-45(41)47)40-28-26-38(30-44(40)48(46,3)4)50(35-21-13-7-14-22-35)36-23-15-8-16-24-36/h5-6,9-12,17-20,25-32,35-36H,7-8,13-16,21-24H2,1-4H3. The molecule has 50 heavy (non-hydrogen) atoms. The summed E-state index contributed by atoms with van der Waals surface area (Å²) >= 11 is 0. The fourth-order valence-electron chi connectivity index (χ4n) is 10.3. The van der Waals surface area contributed by atoms with Gasteiger partial charge >= 0.3 is 0 Å². The second-order valence-corrected chi connectivity index (χ2v) is 16.7. The molecular formula is C48H52N2. The highest BCUT2D eigenvalue weighted by molar-refractivity contribution is 5.91. The molecule has 4 aliphatic rings. The smallest absolute Gasteiger partial charge is 0.0465 e. The van der Waals surface area contributed by atoms with Gasteiger partial charge in [0.1, 0.15) is 0 Å². The first-order chi connectivity index (χ1) is 24.3. The Hall–Kier alpha value is -4.30. The van der Waals surface area contributed by atoms with E-state index in [-0.39, 0.29) is 10.8 Å². The zero-order valence-corrected chi connectivity index (χ0v) is 30.5. The van der Waals surface area contributed by atoms with Crippen molar-refractivity contribution in [3.63, 3.8) is 0 Å². The van der Waals surface area contributed by atoms with E-state index >= 15 is 0 Å². The summed E-state index contributed by atoms with van der Waals surface area (Å²) < 4.78 is 0. The lowest BCUT2D eigenvalue weighted by Crippen LogP contribution is -2.45. The maximum absolute atomic E-state index is 2.92. The van der Waals surface area contributed by atoms with Crippen LogP contribution in [0.25, 0.3) is 22.3 Å². The molecule has 0 spiro atoms. The van der Waals surface area contributed by atoms with Crippen molar-refractivity contribution in [1.29, 1.82) is 0 Å². The van der Waals surface area contributed by atoms with Gasteiger partial charge in [-0.25, -0.2) is 0 Å². The van der Waals surface area contributed by atoms with Crippen molar-refractivity contribution in [2.24, 2.45) is 0 Å². The number of hydrogen-bond acceptors (Lipinski definition) is 2. The summed E-state index contributed by atoms with van der Waals surface area (Å²) in [6.45, 7) is 9.81.